The Morgan fingerprint density at radius 2 is 1.71 bits per heavy atom. The summed E-state index contributed by atoms with van der Waals surface area (Å²) < 4.78 is 0. The van der Waals surface area contributed by atoms with Gasteiger partial charge in [-0.15, -0.1) is 0 Å². The summed E-state index contributed by atoms with van der Waals surface area (Å²) in [6.07, 6.45) is 0. The maximum absolute atomic E-state index is 12.7. The van der Waals surface area contributed by atoms with Crippen molar-refractivity contribution in [2.75, 3.05) is 12.4 Å². The molecule has 0 spiro atoms. The molecule has 2 aromatic rings. The largest absolute Gasteiger partial charge is 0.324 e. The van der Waals surface area contributed by atoms with Gasteiger partial charge in [0.15, 0.2) is 0 Å². The maximum atomic E-state index is 12.7. The second-order valence-corrected chi connectivity index (χ2v) is 6.76. The Bertz CT molecular complexity index is 679. The van der Waals surface area contributed by atoms with Gasteiger partial charge in [-0.05, 0) is 43.5 Å². The standard InChI is InChI=1S/C21H28N2O/c1-15(2)19-13-9-10-16(3)20(19)22-21(24)17(4)23(5)14-18-11-7-6-8-12-18/h6-13,15,17H,14H2,1-5H3,(H,22,24). The number of carbonyl (C=O) groups excluding carboxylic acids is 1. The average molecular weight is 324 g/mol. The third-order valence-corrected chi connectivity index (χ3v) is 4.49. The van der Waals surface area contributed by atoms with Crippen molar-refractivity contribution in [3.63, 3.8) is 0 Å². The highest BCUT2D eigenvalue weighted by Gasteiger charge is 2.20. The van der Waals surface area contributed by atoms with Crippen LogP contribution in [0, 0.1) is 6.92 Å². The van der Waals surface area contributed by atoms with Crippen molar-refractivity contribution < 1.29 is 4.79 Å². The lowest BCUT2D eigenvalue weighted by atomic mass is 9.98. The number of hydrogen-bond acceptors (Lipinski definition) is 2. The number of likely N-dealkylation sites (N-methyl/N-ethyl adjacent to an activating group) is 1. The number of para-hydroxylation sites is 1. The molecule has 2 rings (SSSR count). The molecule has 2 aromatic carbocycles. The summed E-state index contributed by atoms with van der Waals surface area (Å²) in [5, 5.41) is 3.15. The fourth-order valence-electron chi connectivity index (χ4n) is 2.78. The first kappa shape index (κ1) is 18.2. The van der Waals surface area contributed by atoms with Gasteiger partial charge < -0.3 is 5.32 Å². The second-order valence-electron chi connectivity index (χ2n) is 6.76. The summed E-state index contributed by atoms with van der Waals surface area (Å²) in [5.41, 5.74) is 4.45. The molecule has 0 aliphatic rings. The Kier molecular flexibility index (Phi) is 6.16. The topological polar surface area (TPSA) is 32.3 Å². The zero-order chi connectivity index (χ0) is 17.7. The van der Waals surface area contributed by atoms with Gasteiger partial charge in [-0.25, -0.2) is 0 Å². The Balaban J connectivity index is 2.09. The molecule has 0 aliphatic carbocycles. The molecule has 0 aromatic heterocycles. The normalized spacial score (nSPS) is 12.5. The van der Waals surface area contributed by atoms with Gasteiger partial charge in [0.2, 0.25) is 5.91 Å². The summed E-state index contributed by atoms with van der Waals surface area (Å²) in [5.74, 6) is 0.405. The number of carbonyl (C=O) groups is 1. The number of nitrogens with zero attached hydrogens (tertiary/aromatic N) is 1. The van der Waals surface area contributed by atoms with E-state index in [9.17, 15) is 4.79 Å². The van der Waals surface area contributed by atoms with E-state index in [0.717, 1.165) is 17.8 Å². The van der Waals surface area contributed by atoms with Gasteiger partial charge in [-0.3, -0.25) is 9.69 Å². The molecule has 1 amide bonds. The van der Waals surface area contributed by atoms with E-state index >= 15 is 0 Å². The molecule has 1 unspecified atom stereocenters. The number of aryl methyl sites for hydroxylation is 1. The monoisotopic (exact) mass is 324 g/mol. The molecule has 0 saturated carbocycles. The van der Waals surface area contributed by atoms with E-state index < -0.39 is 0 Å². The summed E-state index contributed by atoms with van der Waals surface area (Å²) in [4.78, 5) is 14.8. The summed E-state index contributed by atoms with van der Waals surface area (Å²) in [7, 11) is 1.98. The molecule has 0 radical (unpaired) electrons. The maximum Gasteiger partial charge on any atom is 0.241 e. The second kappa shape index (κ2) is 8.11. The number of anilines is 1. The van der Waals surface area contributed by atoms with Crippen molar-refractivity contribution in [1.29, 1.82) is 0 Å². The number of nitrogens with one attached hydrogen (secondary N) is 1. The van der Waals surface area contributed by atoms with Crippen LogP contribution in [0.3, 0.4) is 0 Å². The number of amides is 1. The van der Waals surface area contributed by atoms with Crippen molar-refractivity contribution in [2.45, 2.75) is 46.2 Å². The third-order valence-electron chi connectivity index (χ3n) is 4.49. The van der Waals surface area contributed by atoms with Crippen molar-refractivity contribution in [3.05, 3.63) is 65.2 Å². The van der Waals surface area contributed by atoms with Crippen LogP contribution in [0.5, 0.6) is 0 Å². The van der Waals surface area contributed by atoms with Gasteiger partial charge in [-0.1, -0.05) is 62.4 Å². The van der Waals surface area contributed by atoms with E-state index in [1.807, 2.05) is 51.2 Å². The van der Waals surface area contributed by atoms with Gasteiger partial charge >= 0.3 is 0 Å². The lowest BCUT2D eigenvalue weighted by Crippen LogP contribution is -2.39. The lowest BCUT2D eigenvalue weighted by molar-refractivity contribution is -0.120. The fourth-order valence-corrected chi connectivity index (χ4v) is 2.78. The van der Waals surface area contributed by atoms with Gasteiger partial charge in [0.05, 0.1) is 6.04 Å². The van der Waals surface area contributed by atoms with Gasteiger partial charge in [-0.2, -0.15) is 0 Å². The van der Waals surface area contributed by atoms with Crippen LogP contribution in [0.1, 0.15) is 43.4 Å². The van der Waals surface area contributed by atoms with Crippen LogP contribution in [-0.4, -0.2) is 23.9 Å². The van der Waals surface area contributed by atoms with Crippen LogP contribution in [-0.2, 0) is 11.3 Å². The SMILES string of the molecule is Cc1cccc(C(C)C)c1NC(=O)C(C)N(C)Cc1ccccc1. The van der Waals surface area contributed by atoms with Crippen molar-refractivity contribution in [1.82, 2.24) is 4.90 Å². The summed E-state index contributed by atoms with van der Waals surface area (Å²) in [6.45, 7) is 9.04. The zero-order valence-electron chi connectivity index (χ0n) is 15.3. The van der Waals surface area contributed by atoms with Crippen LogP contribution in [0.4, 0.5) is 5.69 Å². The van der Waals surface area contributed by atoms with Crippen LogP contribution in [0.25, 0.3) is 0 Å². The minimum Gasteiger partial charge on any atom is -0.324 e. The molecule has 0 bridgehead atoms. The fraction of sp³-hybridized carbons (Fsp3) is 0.381. The highest BCUT2D eigenvalue weighted by molar-refractivity contribution is 5.96. The number of benzene rings is 2. The molecule has 1 atom stereocenters. The number of rotatable bonds is 6. The van der Waals surface area contributed by atoms with E-state index in [1.54, 1.807) is 0 Å². The summed E-state index contributed by atoms with van der Waals surface area (Å²) in [6, 6.07) is 16.2. The third kappa shape index (κ3) is 4.45. The smallest absolute Gasteiger partial charge is 0.241 e. The molecule has 0 fully saturated rings. The Hall–Kier alpha value is -2.13. The Morgan fingerprint density at radius 1 is 1.04 bits per heavy atom. The van der Waals surface area contributed by atoms with Crippen LogP contribution >= 0.6 is 0 Å². The zero-order valence-corrected chi connectivity index (χ0v) is 15.3. The Labute approximate surface area is 145 Å². The van der Waals surface area contributed by atoms with E-state index in [1.165, 1.54) is 11.1 Å². The first-order valence-electron chi connectivity index (χ1n) is 8.54. The molecule has 0 heterocycles. The van der Waals surface area contributed by atoms with Crippen molar-refractivity contribution in [2.24, 2.45) is 0 Å². The first-order valence-corrected chi connectivity index (χ1v) is 8.54. The van der Waals surface area contributed by atoms with Gasteiger partial charge in [0, 0.05) is 12.2 Å². The molecule has 3 nitrogen and oxygen atoms in total. The number of hydrogen-bond donors (Lipinski definition) is 1. The summed E-state index contributed by atoms with van der Waals surface area (Å²) >= 11 is 0. The van der Waals surface area contributed by atoms with E-state index in [-0.39, 0.29) is 11.9 Å². The van der Waals surface area contributed by atoms with Gasteiger partial charge in [0.1, 0.15) is 0 Å². The van der Waals surface area contributed by atoms with Crippen LogP contribution in [0.15, 0.2) is 48.5 Å². The molecule has 0 saturated heterocycles. The molecular weight excluding hydrogens is 296 g/mol. The Morgan fingerprint density at radius 3 is 2.33 bits per heavy atom. The van der Waals surface area contributed by atoms with Crippen LogP contribution in [0.2, 0.25) is 0 Å². The minimum atomic E-state index is -0.204. The van der Waals surface area contributed by atoms with E-state index in [2.05, 4.69) is 42.3 Å². The van der Waals surface area contributed by atoms with Crippen molar-refractivity contribution in [3.8, 4) is 0 Å². The van der Waals surface area contributed by atoms with Crippen molar-refractivity contribution >= 4 is 11.6 Å². The van der Waals surface area contributed by atoms with E-state index in [4.69, 9.17) is 0 Å². The molecule has 128 valence electrons. The first-order chi connectivity index (χ1) is 11.4. The molecule has 24 heavy (non-hydrogen) atoms. The van der Waals surface area contributed by atoms with Crippen LogP contribution < -0.4 is 5.32 Å². The molecule has 1 N–H and O–H groups in total. The minimum absolute atomic E-state index is 0.0321. The predicted molar refractivity (Wildman–Crippen MR) is 101 cm³/mol. The van der Waals surface area contributed by atoms with E-state index in [0.29, 0.717) is 5.92 Å². The molecule has 3 heteroatoms. The molecule has 0 aliphatic heterocycles. The highest BCUT2D eigenvalue weighted by atomic mass is 16.2. The molecular formula is C21H28N2O. The van der Waals surface area contributed by atoms with Gasteiger partial charge in [0.25, 0.3) is 0 Å². The predicted octanol–water partition coefficient (Wildman–Crippen LogP) is 4.58. The quantitative estimate of drug-likeness (QED) is 0.843. The lowest BCUT2D eigenvalue weighted by Gasteiger charge is -2.25. The highest BCUT2D eigenvalue weighted by Crippen LogP contribution is 2.27. The average Bonchev–Trinajstić information content (AvgIpc) is 2.56.